The van der Waals surface area contributed by atoms with Gasteiger partial charge in [-0.2, -0.15) is 0 Å². The van der Waals surface area contributed by atoms with E-state index in [2.05, 4.69) is 19.2 Å². The normalized spacial score (nSPS) is 19.3. The number of unbranched alkanes of at least 4 members (excludes halogenated alkanes) is 1. The predicted octanol–water partition coefficient (Wildman–Crippen LogP) is 2.58. The molecule has 0 amide bonds. The molecular formula is C12H25NO. The Morgan fingerprint density at radius 1 is 1.29 bits per heavy atom. The van der Waals surface area contributed by atoms with Gasteiger partial charge in [-0.3, -0.25) is 0 Å². The summed E-state index contributed by atoms with van der Waals surface area (Å²) in [6, 6.07) is 0. The van der Waals surface area contributed by atoms with Crippen molar-refractivity contribution in [2.75, 3.05) is 26.3 Å². The Labute approximate surface area is 88.4 Å². The predicted molar refractivity (Wildman–Crippen MR) is 60.6 cm³/mol. The zero-order chi connectivity index (χ0) is 10.3. The van der Waals surface area contributed by atoms with Gasteiger partial charge in [0.2, 0.25) is 0 Å². The standard InChI is InChI=1S/C12H25NO/c1-3-5-9-13-10-12(7-6-8-12)11-14-4-2/h13H,3-11H2,1-2H3. The van der Waals surface area contributed by atoms with Crippen molar-refractivity contribution < 1.29 is 4.74 Å². The van der Waals surface area contributed by atoms with Crippen LogP contribution in [0.1, 0.15) is 46.0 Å². The highest BCUT2D eigenvalue weighted by molar-refractivity contribution is 4.89. The van der Waals surface area contributed by atoms with Crippen LogP contribution in [-0.2, 0) is 4.74 Å². The Bertz CT molecular complexity index is 143. The molecule has 0 spiro atoms. The Morgan fingerprint density at radius 3 is 2.57 bits per heavy atom. The van der Waals surface area contributed by atoms with E-state index in [1.807, 2.05) is 0 Å². The Hall–Kier alpha value is -0.0800. The first-order chi connectivity index (χ1) is 6.83. The number of nitrogens with one attached hydrogen (secondary N) is 1. The van der Waals surface area contributed by atoms with Crippen molar-refractivity contribution in [1.82, 2.24) is 5.32 Å². The maximum atomic E-state index is 5.56. The lowest BCUT2D eigenvalue weighted by atomic mass is 9.69. The first kappa shape index (κ1) is 12.0. The van der Waals surface area contributed by atoms with E-state index in [-0.39, 0.29) is 0 Å². The van der Waals surface area contributed by atoms with Crippen LogP contribution >= 0.6 is 0 Å². The second kappa shape index (κ2) is 6.41. The van der Waals surface area contributed by atoms with E-state index >= 15 is 0 Å². The molecule has 0 saturated heterocycles. The van der Waals surface area contributed by atoms with Crippen LogP contribution < -0.4 is 5.32 Å². The van der Waals surface area contributed by atoms with Crippen LogP contribution in [0.2, 0.25) is 0 Å². The zero-order valence-corrected chi connectivity index (χ0v) is 9.77. The van der Waals surface area contributed by atoms with Crippen LogP contribution in [-0.4, -0.2) is 26.3 Å². The minimum absolute atomic E-state index is 0.490. The fourth-order valence-electron chi connectivity index (χ4n) is 2.02. The Kier molecular flexibility index (Phi) is 5.49. The fourth-order valence-corrected chi connectivity index (χ4v) is 2.02. The highest BCUT2D eigenvalue weighted by Gasteiger charge is 2.36. The van der Waals surface area contributed by atoms with Gasteiger partial charge in [-0.1, -0.05) is 19.8 Å². The molecule has 0 radical (unpaired) electrons. The third-order valence-corrected chi connectivity index (χ3v) is 3.23. The van der Waals surface area contributed by atoms with Crippen LogP contribution in [0.15, 0.2) is 0 Å². The maximum Gasteiger partial charge on any atom is 0.0534 e. The third kappa shape index (κ3) is 3.58. The molecular weight excluding hydrogens is 174 g/mol. The molecule has 1 N–H and O–H groups in total. The molecule has 0 aliphatic heterocycles. The lowest BCUT2D eigenvalue weighted by molar-refractivity contribution is -0.000663. The van der Waals surface area contributed by atoms with Crippen LogP contribution in [0.25, 0.3) is 0 Å². The summed E-state index contributed by atoms with van der Waals surface area (Å²) in [7, 11) is 0. The molecule has 14 heavy (non-hydrogen) atoms. The summed E-state index contributed by atoms with van der Waals surface area (Å²) >= 11 is 0. The van der Waals surface area contributed by atoms with E-state index in [1.165, 1.54) is 38.6 Å². The summed E-state index contributed by atoms with van der Waals surface area (Å²) in [6.45, 7) is 8.47. The van der Waals surface area contributed by atoms with E-state index in [4.69, 9.17) is 4.74 Å². The SMILES string of the molecule is CCCCNCC1(COCC)CCC1. The second-order valence-electron chi connectivity index (χ2n) is 4.52. The molecule has 0 unspecified atom stereocenters. The highest BCUT2D eigenvalue weighted by atomic mass is 16.5. The summed E-state index contributed by atoms with van der Waals surface area (Å²) in [5.41, 5.74) is 0.490. The summed E-state index contributed by atoms with van der Waals surface area (Å²) in [5.74, 6) is 0. The lowest BCUT2D eigenvalue weighted by Gasteiger charge is -2.41. The first-order valence-electron chi connectivity index (χ1n) is 6.11. The molecule has 2 nitrogen and oxygen atoms in total. The molecule has 1 aliphatic carbocycles. The third-order valence-electron chi connectivity index (χ3n) is 3.23. The van der Waals surface area contributed by atoms with Crippen molar-refractivity contribution in [3.63, 3.8) is 0 Å². The maximum absolute atomic E-state index is 5.56. The average molecular weight is 199 g/mol. The van der Waals surface area contributed by atoms with E-state index in [1.54, 1.807) is 0 Å². The van der Waals surface area contributed by atoms with E-state index < -0.39 is 0 Å². The minimum atomic E-state index is 0.490. The average Bonchev–Trinajstić information content (AvgIpc) is 2.15. The summed E-state index contributed by atoms with van der Waals surface area (Å²) in [4.78, 5) is 0. The molecule has 0 heterocycles. The van der Waals surface area contributed by atoms with Crippen molar-refractivity contribution in [3.05, 3.63) is 0 Å². The van der Waals surface area contributed by atoms with E-state index in [0.29, 0.717) is 5.41 Å². The first-order valence-corrected chi connectivity index (χ1v) is 6.11. The van der Waals surface area contributed by atoms with Crippen molar-refractivity contribution in [1.29, 1.82) is 0 Å². The molecule has 0 aromatic heterocycles. The molecule has 1 rings (SSSR count). The van der Waals surface area contributed by atoms with Crippen LogP contribution in [0.3, 0.4) is 0 Å². The molecule has 0 atom stereocenters. The van der Waals surface area contributed by atoms with Gasteiger partial charge < -0.3 is 10.1 Å². The van der Waals surface area contributed by atoms with Gasteiger partial charge in [0.1, 0.15) is 0 Å². The fraction of sp³-hybridized carbons (Fsp3) is 1.00. The van der Waals surface area contributed by atoms with Crippen molar-refractivity contribution in [2.45, 2.75) is 46.0 Å². The monoisotopic (exact) mass is 199 g/mol. The highest BCUT2D eigenvalue weighted by Crippen LogP contribution is 2.40. The van der Waals surface area contributed by atoms with Gasteiger partial charge >= 0.3 is 0 Å². The Morgan fingerprint density at radius 2 is 2.07 bits per heavy atom. The quantitative estimate of drug-likeness (QED) is 0.607. The molecule has 1 saturated carbocycles. The zero-order valence-electron chi connectivity index (χ0n) is 9.77. The van der Waals surface area contributed by atoms with Gasteiger partial charge in [0.15, 0.2) is 0 Å². The smallest absolute Gasteiger partial charge is 0.0534 e. The van der Waals surface area contributed by atoms with Gasteiger partial charge in [0.05, 0.1) is 6.61 Å². The topological polar surface area (TPSA) is 21.3 Å². The summed E-state index contributed by atoms with van der Waals surface area (Å²) < 4.78 is 5.56. The number of rotatable bonds is 8. The van der Waals surface area contributed by atoms with Crippen molar-refractivity contribution >= 4 is 0 Å². The second-order valence-corrected chi connectivity index (χ2v) is 4.52. The molecule has 1 aliphatic rings. The van der Waals surface area contributed by atoms with Crippen molar-refractivity contribution in [2.24, 2.45) is 5.41 Å². The van der Waals surface area contributed by atoms with Crippen LogP contribution in [0.5, 0.6) is 0 Å². The lowest BCUT2D eigenvalue weighted by Crippen LogP contribution is -2.43. The summed E-state index contributed by atoms with van der Waals surface area (Å²) in [6.07, 6.45) is 6.68. The number of hydrogen-bond donors (Lipinski definition) is 1. The molecule has 84 valence electrons. The molecule has 0 bridgehead atoms. The van der Waals surface area contributed by atoms with Gasteiger partial charge in [-0.15, -0.1) is 0 Å². The van der Waals surface area contributed by atoms with Crippen LogP contribution in [0.4, 0.5) is 0 Å². The van der Waals surface area contributed by atoms with Gasteiger partial charge in [0, 0.05) is 18.6 Å². The van der Waals surface area contributed by atoms with E-state index in [9.17, 15) is 0 Å². The van der Waals surface area contributed by atoms with Crippen LogP contribution in [0, 0.1) is 5.41 Å². The van der Waals surface area contributed by atoms with Gasteiger partial charge in [0.25, 0.3) is 0 Å². The molecule has 2 heteroatoms. The number of ether oxygens (including phenoxy) is 1. The molecule has 0 aromatic rings. The molecule has 0 aromatic carbocycles. The Balaban J connectivity index is 2.10. The number of hydrogen-bond acceptors (Lipinski definition) is 2. The molecule has 1 fully saturated rings. The summed E-state index contributed by atoms with van der Waals surface area (Å²) in [5, 5.41) is 3.56. The van der Waals surface area contributed by atoms with Gasteiger partial charge in [-0.25, -0.2) is 0 Å². The van der Waals surface area contributed by atoms with E-state index in [0.717, 1.165) is 19.8 Å². The van der Waals surface area contributed by atoms with Gasteiger partial charge in [-0.05, 0) is 32.7 Å². The largest absolute Gasteiger partial charge is 0.381 e. The van der Waals surface area contributed by atoms with Crippen molar-refractivity contribution in [3.8, 4) is 0 Å². The minimum Gasteiger partial charge on any atom is -0.381 e.